The van der Waals surface area contributed by atoms with Gasteiger partial charge in [-0.05, 0) is 48.0 Å². The van der Waals surface area contributed by atoms with Crippen molar-refractivity contribution in [2.75, 3.05) is 13.2 Å². The standard InChI is InChI=1S/C33H28F3N3O4/c1-33(2)18-42-17-29(33)39-28-13-19(32(40)41)10-11-27(28)37-30(39)14-21-12-25(36)22(15-24(21)35)26-8-5-9-31(38-26)43-16-20-6-3-4-7-23(20)34/h3-13,15,29H,14,16-18H2,1-2H3,(H,40,41)/t29-/m1/s1. The van der Waals surface area contributed by atoms with Gasteiger partial charge in [-0.2, -0.15) is 0 Å². The van der Waals surface area contributed by atoms with Crippen LogP contribution in [0.1, 0.15) is 47.2 Å². The second-order valence-electron chi connectivity index (χ2n) is 11.3. The van der Waals surface area contributed by atoms with E-state index in [1.54, 1.807) is 42.5 Å². The van der Waals surface area contributed by atoms with Gasteiger partial charge in [0.2, 0.25) is 5.88 Å². The molecule has 43 heavy (non-hydrogen) atoms. The molecule has 0 spiro atoms. The van der Waals surface area contributed by atoms with Gasteiger partial charge in [0.05, 0.1) is 41.5 Å². The SMILES string of the molecule is CC1(C)COC[C@H]1n1c(Cc2cc(F)c(-c3cccc(OCc4ccccc4F)n3)cc2F)nc2ccc(C(=O)O)cc21. The van der Waals surface area contributed by atoms with Gasteiger partial charge in [0, 0.05) is 29.0 Å². The summed E-state index contributed by atoms with van der Waals surface area (Å²) in [5, 5.41) is 9.57. The number of rotatable bonds is 8. The minimum absolute atomic E-state index is 0.0358. The number of hydrogen-bond donors (Lipinski definition) is 1. The van der Waals surface area contributed by atoms with E-state index in [9.17, 15) is 14.3 Å². The zero-order chi connectivity index (χ0) is 30.3. The largest absolute Gasteiger partial charge is 0.478 e. The third-order valence-corrected chi connectivity index (χ3v) is 7.79. The Labute approximate surface area is 245 Å². The molecule has 220 valence electrons. The lowest BCUT2D eigenvalue weighted by atomic mass is 9.87. The number of nitrogens with zero attached hydrogens (tertiary/aromatic N) is 3. The van der Waals surface area contributed by atoms with Crippen molar-refractivity contribution in [3.05, 3.63) is 113 Å². The molecule has 0 saturated carbocycles. The van der Waals surface area contributed by atoms with E-state index in [1.165, 1.54) is 18.2 Å². The number of benzene rings is 3. The Balaban J connectivity index is 1.32. The molecule has 1 aliphatic rings. The van der Waals surface area contributed by atoms with Crippen molar-refractivity contribution in [2.45, 2.75) is 32.9 Å². The van der Waals surface area contributed by atoms with E-state index in [4.69, 9.17) is 14.5 Å². The number of carboxylic acid groups (broad SMARTS) is 1. The lowest BCUT2D eigenvalue weighted by molar-refractivity contribution is 0.0697. The molecule has 0 aliphatic carbocycles. The van der Waals surface area contributed by atoms with Crippen LogP contribution in [0.2, 0.25) is 0 Å². The second kappa shape index (κ2) is 11.2. The van der Waals surface area contributed by atoms with Gasteiger partial charge in [-0.25, -0.2) is 27.9 Å². The molecule has 0 radical (unpaired) electrons. The van der Waals surface area contributed by atoms with Crippen molar-refractivity contribution in [3.8, 4) is 17.1 Å². The minimum atomic E-state index is -1.07. The number of hydrogen-bond acceptors (Lipinski definition) is 5. The van der Waals surface area contributed by atoms with Gasteiger partial charge in [0.15, 0.2) is 0 Å². The fourth-order valence-corrected chi connectivity index (χ4v) is 5.43. The molecule has 0 unspecified atom stereocenters. The van der Waals surface area contributed by atoms with Crippen LogP contribution >= 0.6 is 0 Å². The summed E-state index contributed by atoms with van der Waals surface area (Å²) in [6.45, 7) is 4.87. The monoisotopic (exact) mass is 587 g/mol. The zero-order valence-electron chi connectivity index (χ0n) is 23.5. The molecule has 1 aliphatic heterocycles. The lowest BCUT2D eigenvalue weighted by Crippen LogP contribution is -2.27. The number of pyridine rings is 1. The number of halogens is 3. The number of carboxylic acids is 1. The van der Waals surface area contributed by atoms with Crippen LogP contribution in [0.15, 0.2) is 72.8 Å². The van der Waals surface area contributed by atoms with Crippen molar-refractivity contribution in [1.82, 2.24) is 14.5 Å². The van der Waals surface area contributed by atoms with Crippen LogP contribution in [0.4, 0.5) is 13.2 Å². The summed E-state index contributed by atoms with van der Waals surface area (Å²) >= 11 is 0. The van der Waals surface area contributed by atoms with E-state index in [0.29, 0.717) is 35.6 Å². The van der Waals surface area contributed by atoms with Crippen LogP contribution < -0.4 is 4.74 Å². The molecule has 7 nitrogen and oxygen atoms in total. The van der Waals surface area contributed by atoms with E-state index in [1.807, 2.05) is 18.4 Å². The van der Waals surface area contributed by atoms with Crippen molar-refractivity contribution >= 4 is 17.0 Å². The molecule has 0 amide bonds. The number of aromatic nitrogens is 3. The first-order valence-corrected chi connectivity index (χ1v) is 13.7. The summed E-state index contributed by atoms with van der Waals surface area (Å²) in [4.78, 5) is 20.7. The maximum atomic E-state index is 15.6. The first-order valence-electron chi connectivity index (χ1n) is 13.7. The first-order chi connectivity index (χ1) is 20.6. The maximum absolute atomic E-state index is 15.6. The molecule has 6 rings (SSSR count). The van der Waals surface area contributed by atoms with E-state index in [-0.39, 0.29) is 52.7 Å². The molecule has 1 saturated heterocycles. The molecule has 1 fully saturated rings. The Kier molecular flexibility index (Phi) is 7.39. The molecule has 1 N–H and O–H groups in total. The third kappa shape index (κ3) is 5.58. The smallest absolute Gasteiger partial charge is 0.335 e. The fourth-order valence-electron chi connectivity index (χ4n) is 5.43. The number of fused-ring (bicyclic) bond motifs is 1. The average molecular weight is 588 g/mol. The molecule has 3 heterocycles. The third-order valence-electron chi connectivity index (χ3n) is 7.79. The van der Waals surface area contributed by atoms with Crippen molar-refractivity contribution in [1.29, 1.82) is 0 Å². The summed E-state index contributed by atoms with van der Waals surface area (Å²) in [5.74, 6) is -2.22. The number of imidazole rings is 1. The highest BCUT2D eigenvalue weighted by atomic mass is 19.1. The molecule has 0 bridgehead atoms. The van der Waals surface area contributed by atoms with Crippen molar-refractivity contribution < 1.29 is 32.5 Å². The molecule has 10 heteroatoms. The fraction of sp³-hybridized carbons (Fsp3) is 0.242. The first kappa shape index (κ1) is 28.4. The van der Waals surface area contributed by atoms with Crippen LogP contribution in [0.3, 0.4) is 0 Å². The predicted molar refractivity (Wildman–Crippen MR) is 153 cm³/mol. The van der Waals surface area contributed by atoms with Gasteiger partial charge in [-0.3, -0.25) is 0 Å². The highest BCUT2D eigenvalue weighted by Crippen LogP contribution is 2.40. The average Bonchev–Trinajstić information content (AvgIpc) is 3.51. The van der Waals surface area contributed by atoms with E-state index < -0.39 is 23.4 Å². The number of aromatic carboxylic acids is 1. The summed E-state index contributed by atoms with van der Waals surface area (Å²) in [5.41, 5.74) is 1.47. The van der Waals surface area contributed by atoms with Gasteiger partial charge < -0.3 is 19.1 Å². The highest BCUT2D eigenvalue weighted by Gasteiger charge is 2.39. The highest BCUT2D eigenvalue weighted by molar-refractivity contribution is 5.92. The van der Waals surface area contributed by atoms with Crippen LogP contribution in [-0.2, 0) is 17.8 Å². The van der Waals surface area contributed by atoms with Crippen LogP contribution in [0, 0.1) is 22.9 Å². The normalized spacial score (nSPS) is 16.1. The van der Waals surface area contributed by atoms with Crippen molar-refractivity contribution in [2.24, 2.45) is 5.41 Å². The van der Waals surface area contributed by atoms with Gasteiger partial charge in [-0.1, -0.05) is 38.1 Å². The zero-order valence-corrected chi connectivity index (χ0v) is 23.5. The molecule has 1 atom stereocenters. The van der Waals surface area contributed by atoms with E-state index >= 15 is 8.78 Å². The number of carbonyl (C=O) groups is 1. The van der Waals surface area contributed by atoms with Crippen LogP contribution in [0.5, 0.6) is 5.88 Å². The Bertz CT molecular complexity index is 1850. The molecular weight excluding hydrogens is 559 g/mol. The molecule has 5 aromatic rings. The van der Waals surface area contributed by atoms with Crippen LogP contribution in [0.25, 0.3) is 22.3 Å². The molecule has 3 aromatic carbocycles. The molecule has 2 aromatic heterocycles. The number of ether oxygens (including phenoxy) is 2. The Hall–Kier alpha value is -4.70. The predicted octanol–water partition coefficient (Wildman–Crippen LogP) is 6.98. The summed E-state index contributed by atoms with van der Waals surface area (Å²) < 4.78 is 58.3. The van der Waals surface area contributed by atoms with Crippen molar-refractivity contribution in [3.63, 3.8) is 0 Å². The summed E-state index contributed by atoms with van der Waals surface area (Å²) in [7, 11) is 0. The van der Waals surface area contributed by atoms with E-state index in [0.717, 1.165) is 12.1 Å². The van der Waals surface area contributed by atoms with Gasteiger partial charge in [-0.15, -0.1) is 0 Å². The summed E-state index contributed by atoms with van der Waals surface area (Å²) in [6.07, 6.45) is -0.0358. The summed E-state index contributed by atoms with van der Waals surface area (Å²) in [6, 6.07) is 17.5. The maximum Gasteiger partial charge on any atom is 0.335 e. The van der Waals surface area contributed by atoms with Gasteiger partial charge in [0.25, 0.3) is 0 Å². The quantitative estimate of drug-likeness (QED) is 0.211. The minimum Gasteiger partial charge on any atom is -0.478 e. The Morgan fingerprint density at radius 3 is 2.53 bits per heavy atom. The van der Waals surface area contributed by atoms with E-state index in [2.05, 4.69) is 4.98 Å². The molecular formula is C33H28F3N3O4. The lowest BCUT2D eigenvalue weighted by Gasteiger charge is -2.28. The Morgan fingerprint density at radius 2 is 1.79 bits per heavy atom. The Morgan fingerprint density at radius 1 is 0.977 bits per heavy atom. The van der Waals surface area contributed by atoms with Gasteiger partial charge >= 0.3 is 5.97 Å². The van der Waals surface area contributed by atoms with Gasteiger partial charge in [0.1, 0.15) is 29.9 Å². The second-order valence-corrected chi connectivity index (χ2v) is 11.3. The van der Waals surface area contributed by atoms with Crippen LogP contribution in [-0.4, -0.2) is 38.8 Å². The topological polar surface area (TPSA) is 86.5 Å².